The Balaban J connectivity index is 1.90. The Labute approximate surface area is 91.3 Å². The molecule has 2 rings (SSSR count). The van der Waals surface area contributed by atoms with Gasteiger partial charge < -0.3 is 15.5 Å². The molecule has 0 saturated heterocycles. The summed E-state index contributed by atoms with van der Waals surface area (Å²) >= 11 is 1.74. The lowest BCUT2D eigenvalue weighted by Crippen LogP contribution is -2.17. The van der Waals surface area contributed by atoms with Gasteiger partial charge in [0.1, 0.15) is 0 Å². The third-order valence-corrected chi connectivity index (χ3v) is 2.80. The number of nitrogen functional groups attached to an aromatic ring is 1. The average Bonchev–Trinajstić information content (AvgIpc) is 2.77. The van der Waals surface area contributed by atoms with E-state index in [1.54, 1.807) is 11.3 Å². The monoisotopic (exact) mass is 224 g/mol. The molecule has 2 heterocycles. The molecule has 0 saturated carbocycles. The van der Waals surface area contributed by atoms with Crippen molar-refractivity contribution in [2.24, 2.45) is 0 Å². The molecule has 6 heteroatoms. The molecule has 2 aromatic rings. The molecule has 1 unspecified atom stereocenters. The first-order chi connectivity index (χ1) is 7.24. The van der Waals surface area contributed by atoms with Crippen LogP contribution in [-0.2, 0) is 6.42 Å². The van der Waals surface area contributed by atoms with Crippen molar-refractivity contribution in [2.75, 3.05) is 11.1 Å². The molecule has 0 amide bonds. The maximum atomic E-state index is 5.31. The number of nitrogens with one attached hydrogen (secondary N) is 1. The molecule has 0 aliphatic rings. The van der Waals surface area contributed by atoms with Crippen LogP contribution < -0.4 is 11.1 Å². The van der Waals surface area contributed by atoms with E-state index in [9.17, 15) is 0 Å². The highest BCUT2D eigenvalue weighted by Crippen LogP contribution is 2.14. The summed E-state index contributed by atoms with van der Waals surface area (Å²) in [5, 5.41) is 12.5. The van der Waals surface area contributed by atoms with Crippen molar-refractivity contribution in [3.63, 3.8) is 0 Å². The Morgan fingerprint density at radius 2 is 2.47 bits per heavy atom. The SMILES string of the molecule is CC(Cc1cccs1)Nc1nnc(N)o1. The van der Waals surface area contributed by atoms with Gasteiger partial charge in [0.15, 0.2) is 0 Å². The average molecular weight is 224 g/mol. The summed E-state index contributed by atoms with van der Waals surface area (Å²) in [5.74, 6) is 0. The van der Waals surface area contributed by atoms with Crippen molar-refractivity contribution in [2.45, 2.75) is 19.4 Å². The number of nitrogens with two attached hydrogens (primary N) is 1. The first-order valence-corrected chi connectivity index (χ1v) is 5.50. The van der Waals surface area contributed by atoms with Gasteiger partial charge in [-0.3, -0.25) is 0 Å². The molecule has 0 bridgehead atoms. The summed E-state index contributed by atoms with van der Waals surface area (Å²) in [5.41, 5.74) is 5.31. The molecule has 0 aliphatic heterocycles. The minimum absolute atomic E-state index is 0.0841. The topological polar surface area (TPSA) is 77.0 Å². The van der Waals surface area contributed by atoms with Crippen molar-refractivity contribution in [3.8, 4) is 0 Å². The normalized spacial score (nSPS) is 12.6. The van der Waals surface area contributed by atoms with Crippen molar-refractivity contribution in [1.82, 2.24) is 10.2 Å². The highest BCUT2D eigenvalue weighted by Gasteiger charge is 2.08. The van der Waals surface area contributed by atoms with E-state index in [2.05, 4.69) is 33.9 Å². The van der Waals surface area contributed by atoms with Gasteiger partial charge in [0.25, 0.3) is 0 Å². The molecule has 1 atom stereocenters. The molecule has 5 nitrogen and oxygen atoms in total. The smallest absolute Gasteiger partial charge is 0.317 e. The van der Waals surface area contributed by atoms with E-state index < -0.39 is 0 Å². The summed E-state index contributed by atoms with van der Waals surface area (Å²) in [7, 11) is 0. The van der Waals surface area contributed by atoms with Gasteiger partial charge in [-0.15, -0.1) is 11.3 Å². The lowest BCUT2D eigenvalue weighted by atomic mass is 10.2. The van der Waals surface area contributed by atoms with Gasteiger partial charge in [-0.05, 0) is 18.4 Å². The van der Waals surface area contributed by atoms with Crippen molar-refractivity contribution >= 4 is 23.4 Å². The van der Waals surface area contributed by atoms with Crippen LogP contribution in [0.25, 0.3) is 0 Å². The maximum absolute atomic E-state index is 5.31. The molecule has 0 radical (unpaired) electrons. The van der Waals surface area contributed by atoms with Gasteiger partial charge in [-0.1, -0.05) is 16.3 Å². The lowest BCUT2D eigenvalue weighted by Gasteiger charge is -2.09. The van der Waals surface area contributed by atoms with Crippen LogP contribution >= 0.6 is 11.3 Å². The third-order valence-electron chi connectivity index (χ3n) is 1.90. The van der Waals surface area contributed by atoms with Crippen LogP contribution in [0.2, 0.25) is 0 Å². The van der Waals surface area contributed by atoms with Crippen molar-refractivity contribution in [3.05, 3.63) is 22.4 Å². The van der Waals surface area contributed by atoms with E-state index in [4.69, 9.17) is 10.2 Å². The van der Waals surface area contributed by atoms with Gasteiger partial charge in [-0.25, -0.2) is 0 Å². The van der Waals surface area contributed by atoms with Crippen molar-refractivity contribution in [1.29, 1.82) is 0 Å². The Hall–Kier alpha value is -1.56. The Morgan fingerprint density at radius 3 is 3.07 bits per heavy atom. The largest absolute Gasteiger partial charge is 0.390 e. The maximum Gasteiger partial charge on any atom is 0.317 e. The zero-order chi connectivity index (χ0) is 10.7. The summed E-state index contributed by atoms with van der Waals surface area (Å²) in [4.78, 5) is 1.32. The van der Waals surface area contributed by atoms with Crippen LogP contribution in [-0.4, -0.2) is 16.2 Å². The van der Waals surface area contributed by atoms with Crippen LogP contribution in [0.4, 0.5) is 12.0 Å². The van der Waals surface area contributed by atoms with Crippen LogP contribution in [0.15, 0.2) is 21.9 Å². The van der Waals surface area contributed by atoms with Crippen LogP contribution in [0.5, 0.6) is 0 Å². The molecule has 0 fully saturated rings. The molecule has 0 spiro atoms. The fraction of sp³-hybridized carbons (Fsp3) is 0.333. The number of aromatic nitrogens is 2. The van der Waals surface area contributed by atoms with Gasteiger partial charge in [0.2, 0.25) is 0 Å². The Kier molecular flexibility index (Phi) is 2.86. The van der Waals surface area contributed by atoms with Crippen molar-refractivity contribution < 1.29 is 4.42 Å². The van der Waals surface area contributed by atoms with Crippen LogP contribution in [0.3, 0.4) is 0 Å². The molecule has 3 N–H and O–H groups in total. The Bertz CT molecular complexity index is 411. The van der Waals surface area contributed by atoms with Gasteiger partial charge in [-0.2, -0.15) is 0 Å². The quantitative estimate of drug-likeness (QED) is 0.827. The molecule has 0 aliphatic carbocycles. The fourth-order valence-electron chi connectivity index (χ4n) is 1.29. The molecular weight excluding hydrogens is 212 g/mol. The highest BCUT2D eigenvalue weighted by molar-refractivity contribution is 7.09. The predicted octanol–water partition coefficient (Wildman–Crippen LogP) is 1.76. The van der Waals surface area contributed by atoms with Gasteiger partial charge in [0.05, 0.1) is 0 Å². The number of rotatable bonds is 4. The first kappa shape index (κ1) is 9.97. The summed E-state index contributed by atoms with van der Waals surface area (Å²) < 4.78 is 5.02. The minimum Gasteiger partial charge on any atom is -0.390 e. The number of thiophene rings is 1. The van der Waals surface area contributed by atoms with E-state index in [1.165, 1.54) is 4.88 Å². The number of nitrogens with zero attached hydrogens (tertiary/aromatic N) is 2. The van der Waals surface area contributed by atoms with E-state index in [-0.39, 0.29) is 12.1 Å². The van der Waals surface area contributed by atoms with Gasteiger partial charge >= 0.3 is 12.0 Å². The second-order valence-corrected chi connectivity index (χ2v) is 4.31. The first-order valence-electron chi connectivity index (χ1n) is 4.62. The van der Waals surface area contributed by atoms with E-state index in [0.29, 0.717) is 6.01 Å². The molecule has 80 valence electrons. The minimum atomic E-state index is 0.0841. The number of anilines is 2. The zero-order valence-corrected chi connectivity index (χ0v) is 9.12. The van der Waals surface area contributed by atoms with Gasteiger partial charge in [0, 0.05) is 17.3 Å². The molecular formula is C9H12N4OS. The standard InChI is InChI=1S/C9H12N4OS/c1-6(5-7-3-2-4-15-7)11-9-13-12-8(10)14-9/h2-4,6H,5H2,1H3,(H2,10,12)(H,11,13). The fourth-order valence-corrected chi connectivity index (χ4v) is 2.12. The van der Waals surface area contributed by atoms with E-state index in [1.807, 2.05) is 6.07 Å². The zero-order valence-electron chi connectivity index (χ0n) is 8.30. The molecule has 15 heavy (non-hydrogen) atoms. The summed E-state index contributed by atoms with van der Waals surface area (Å²) in [6, 6.07) is 4.84. The Morgan fingerprint density at radius 1 is 1.60 bits per heavy atom. The second-order valence-electron chi connectivity index (χ2n) is 3.27. The van der Waals surface area contributed by atoms with E-state index >= 15 is 0 Å². The lowest BCUT2D eigenvalue weighted by molar-refractivity contribution is 0.575. The van der Waals surface area contributed by atoms with E-state index in [0.717, 1.165) is 6.42 Å². The summed E-state index contributed by atoms with van der Waals surface area (Å²) in [6.45, 7) is 2.06. The predicted molar refractivity (Wildman–Crippen MR) is 59.8 cm³/mol. The third kappa shape index (κ3) is 2.69. The number of hydrogen-bond acceptors (Lipinski definition) is 6. The highest BCUT2D eigenvalue weighted by atomic mass is 32.1. The second kappa shape index (κ2) is 4.31. The number of hydrogen-bond donors (Lipinski definition) is 2. The van der Waals surface area contributed by atoms with Crippen LogP contribution in [0, 0.1) is 0 Å². The molecule has 2 aromatic heterocycles. The summed E-state index contributed by atoms with van der Waals surface area (Å²) in [6.07, 6.45) is 0.931. The molecule has 0 aromatic carbocycles. The van der Waals surface area contributed by atoms with Crippen LogP contribution in [0.1, 0.15) is 11.8 Å².